The van der Waals surface area contributed by atoms with Gasteiger partial charge in [-0.3, -0.25) is 0 Å². The third-order valence-electron chi connectivity index (χ3n) is 3.57. The van der Waals surface area contributed by atoms with Gasteiger partial charge in [0, 0.05) is 3.57 Å². The van der Waals surface area contributed by atoms with Crippen molar-refractivity contribution in [3.8, 4) is 0 Å². The van der Waals surface area contributed by atoms with Crippen LogP contribution in [0.5, 0.6) is 0 Å². The molecule has 2 nitrogen and oxygen atoms in total. The molecule has 2 rings (SSSR count). The monoisotopic (exact) mass is 356 g/mol. The highest BCUT2D eigenvalue weighted by atomic mass is 127. The van der Waals surface area contributed by atoms with E-state index in [0.717, 1.165) is 5.56 Å². The van der Waals surface area contributed by atoms with Crippen molar-refractivity contribution in [3.05, 3.63) is 39.4 Å². The Morgan fingerprint density at radius 3 is 2.28 bits per heavy atom. The minimum absolute atomic E-state index is 0.270. The molecule has 0 aromatic heterocycles. The predicted molar refractivity (Wildman–Crippen MR) is 84.3 cm³/mol. The first-order chi connectivity index (χ1) is 8.30. The first-order valence-electron chi connectivity index (χ1n) is 6.10. The van der Waals surface area contributed by atoms with E-state index < -0.39 is 0 Å². The molecule has 1 saturated heterocycles. The summed E-state index contributed by atoms with van der Waals surface area (Å²) in [5.74, 6) is 1.97. The van der Waals surface area contributed by atoms with Gasteiger partial charge in [-0.25, -0.2) is 0 Å². The van der Waals surface area contributed by atoms with E-state index in [4.69, 9.17) is 9.31 Å². The van der Waals surface area contributed by atoms with Crippen molar-refractivity contribution < 1.29 is 9.31 Å². The van der Waals surface area contributed by atoms with Crippen molar-refractivity contribution in [2.24, 2.45) is 0 Å². The molecule has 96 valence electrons. The molecule has 0 N–H and O–H groups in total. The van der Waals surface area contributed by atoms with Gasteiger partial charge in [-0.2, -0.15) is 0 Å². The van der Waals surface area contributed by atoms with Gasteiger partial charge < -0.3 is 9.31 Å². The van der Waals surface area contributed by atoms with E-state index in [1.165, 1.54) is 3.57 Å². The smallest absolute Gasteiger partial charge is 0.400 e. The number of rotatable bonds is 2. The van der Waals surface area contributed by atoms with Crippen LogP contribution in [-0.4, -0.2) is 18.3 Å². The summed E-state index contributed by atoms with van der Waals surface area (Å²) in [5, 5.41) is 0. The van der Waals surface area contributed by atoms with E-state index in [-0.39, 0.29) is 18.3 Å². The molecule has 18 heavy (non-hydrogen) atoms. The molecule has 0 unspecified atom stereocenters. The maximum absolute atomic E-state index is 5.91. The fourth-order valence-electron chi connectivity index (χ4n) is 1.77. The van der Waals surface area contributed by atoms with Gasteiger partial charge in [-0.05, 0) is 68.0 Å². The van der Waals surface area contributed by atoms with Gasteiger partial charge in [0.25, 0.3) is 0 Å². The van der Waals surface area contributed by atoms with Crippen LogP contribution < -0.4 is 0 Å². The fourth-order valence-corrected chi connectivity index (χ4v) is 2.33. The molecule has 0 spiro atoms. The number of hydrogen-bond acceptors (Lipinski definition) is 2. The standard InChI is InChI=1S/C14H18BIO2/c1-13(2)14(3,4)18-15(17-13)9-8-11-6-5-7-12(16)10-11/h5-10H,1-4H3/b9-8+. The van der Waals surface area contributed by atoms with Gasteiger partial charge in [0.05, 0.1) is 11.2 Å². The zero-order valence-electron chi connectivity index (χ0n) is 11.2. The largest absolute Gasteiger partial charge is 0.487 e. The third-order valence-corrected chi connectivity index (χ3v) is 4.24. The maximum atomic E-state index is 5.91. The van der Waals surface area contributed by atoms with Crippen LogP contribution in [0.15, 0.2) is 30.2 Å². The molecule has 0 amide bonds. The van der Waals surface area contributed by atoms with Gasteiger partial charge in [-0.1, -0.05) is 24.2 Å². The minimum atomic E-state index is -0.271. The first-order valence-corrected chi connectivity index (χ1v) is 7.17. The first kappa shape index (κ1) is 14.1. The Labute approximate surface area is 123 Å². The van der Waals surface area contributed by atoms with Gasteiger partial charge in [0.15, 0.2) is 0 Å². The van der Waals surface area contributed by atoms with Crippen molar-refractivity contribution in [1.82, 2.24) is 0 Å². The van der Waals surface area contributed by atoms with Crippen LogP contribution in [0.4, 0.5) is 0 Å². The van der Waals surface area contributed by atoms with Crippen molar-refractivity contribution in [2.45, 2.75) is 38.9 Å². The summed E-state index contributed by atoms with van der Waals surface area (Å²) < 4.78 is 13.0. The van der Waals surface area contributed by atoms with Gasteiger partial charge >= 0.3 is 7.12 Å². The molecular weight excluding hydrogens is 338 g/mol. The van der Waals surface area contributed by atoms with E-state index in [1.807, 2.05) is 18.1 Å². The minimum Gasteiger partial charge on any atom is -0.400 e. The molecule has 1 fully saturated rings. The van der Waals surface area contributed by atoms with Crippen molar-refractivity contribution in [1.29, 1.82) is 0 Å². The van der Waals surface area contributed by atoms with Crippen LogP contribution in [0, 0.1) is 3.57 Å². The lowest BCUT2D eigenvalue weighted by molar-refractivity contribution is 0.00578. The van der Waals surface area contributed by atoms with Gasteiger partial charge in [0.2, 0.25) is 0 Å². The molecule has 0 aliphatic carbocycles. The summed E-state index contributed by atoms with van der Waals surface area (Å²) in [7, 11) is -0.270. The summed E-state index contributed by atoms with van der Waals surface area (Å²) in [6.07, 6.45) is 2.05. The Bertz CT molecular complexity index is 453. The van der Waals surface area contributed by atoms with Crippen LogP contribution in [0.1, 0.15) is 33.3 Å². The lowest BCUT2D eigenvalue weighted by atomic mass is 9.89. The Balaban J connectivity index is 2.08. The highest BCUT2D eigenvalue weighted by Gasteiger charge is 2.49. The Morgan fingerprint density at radius 2 is 1.72 bits per heavy atom. The second-order valence-corrected chi connectivity index (χ2v) is 6.78. The quantitative estimate of drug-likeness (QED) is 0.591. The lowest BCUT2D eigenvalue weighted by Gasteiger charge is -2.32. The molecule has 1 aliphatic rings. The molecule has 0 bridgehead atoms. The second kappa shape index (κ2) is 4.98. The zero-order valence-corrected chi connectivity index (χ0v) is 13.4. The second-order valence-electron chi connectivity index (χ2n) is 5.54. The van der Waals surface area contributed by atoms with Crippen molar-refractivity contribution >= 4 is 35.8 Å². The number of hydrogen-bond donors (Lipinski definition) is 0. The normalized spacial score (nSPS) is 21.7. The average Bonchev–Trinajstić information content (AvgIpc) is 2.45. The number of benzene rings is 1. The summed E-state index contributed by atoms with van der Waals surface area (Å²) in [6.45, 7) is 8.25. The fraction of sp³-hybridized carbons (Fsp3) is 0.429. The van der Waals surface area contributed by atoms with E-state index in [2.05, 4.69) is 68.5 Å². The van der Waals surface area contributed by atoms with Crippen LogP contribution in [-0.2, 0) is 9.31 Å². The molecular formula is C14H18BIO2. The summed E-state index contributed by atoms with van der Waals surface area (Å²) in [5.41, 5.74) is 0.622. The molecule has 0 radical (unpaired) electrons. The van der Waals surface area contributed by atoms with Crippen LogP contribution in [0.25, 0.3) is 6.08 Å². The molecule has 1 heterocycles. The number of halogens is 1. The third kappa shape index (κ3) is 2.98. The SMILES string of the molecule is CC1(C)OB(/C=C/c2cccc(I)c2)OC1(C)C. The molecule has 1 aromatic carbocycles. The van der Waals surface area contributed by atoms with E-state index in [0.29, 0.717) is 0 Å². The molecule has 1 aliphatic heterocycles. The van der Waals surface area contributed by atoms with E-state index in [9.17, 15) is 0 Å². The maximum Gasteiger partial charge on any atom is 0.487 e. The average molecular weight is 356 g/mol. The van der Waals surface area contributed by atoms with Gasteiger partial charge in [0.1, 0.15) is 0 Å². The van der Waals surface area contributed by atoms with Gasteiger partial charge in [-0.15, -0.1) is 0 Å². The topological polar surface area (TPSA) is 18.5 Å². The Hall–Kier alpha value is -0.325. The highest BCUT2D eigenvalue weighted by Crippen LogP contribution is 2.37. The highest BCUT2D eigenvalue weighted by molar-refractivity contribution is 14.1. The molecule has 0 saturated carbocycles. The predicted octanol–water partition coefficient (Wildman–Crippen LogP) is 3.94. The van der Waals surface area contributed by atoms with Crippen LogP contribution in [0.3, 0.4) is 0 Å². The van der Waals surface area contributed by atoms with E-state index >= 15 is 0 Å². The molecule has 0 atom stereocenters. The summed E-state index contributed by atoms with van der Waals surface area (Å²) >= 11 is 2.31. The molecule has 4 heteroatoms. The summed E-state index contributed by atoms with van der Waals surface area (Å²) in [6, 6.07) is 8.32. The van der Waals surface area contributed by atoms with Crippen LogP contribution >= 0.6 is 22.6 Å². The molecule has 1 aromatic rings. The Morgan fingerprint density at radius 1 is 1.11 bits per heavy atom. The van der Waals surface area contributed by atoms with E-state index in [1.54, 1.807) is 0 Å². The summed E-state index contributed by atoms with van der Waals surface area (Å²) in [4.78, 5) is 0. The lowest BCUT2D eigenvalue weighted by Crippen LogP contribution is -2.41. The zero-order chi connectivity index (χ0) is 13.4. The van der Waals surface area contributed by atoms with Crippen molar-refractivity contribution in [2.75, 3.05) is 0 Å². The Kier molecular flexibility index (Phi) is 3.90. The van der Waals surface area contributed by atoms with Crippen LogP contribution in [0.2, 0.25) is 0 Å². The van der Waals surface area contributed by atoms with Crippen molar-refractivity contribution in [3.63, 3.8) is 0 Å².